The number of aromatic amines is 1. The highest BCUT2D eigenvalue weighted by Gasteiger charge is 2.55. The third-order valence-electron chi connectivity index (χ3n) is 7.17. The zero-order valence-electron chi connectivity index (χ0n) is 16.0. The lowest BCUT2D eigenvalue weighted by atomic mass is 9.73. The van der Waals surface area contributed by atoms with Gasteiger partial charge in [-0.05, 0) is 60.7 Å². The summed E-state index contributed by atoms with van der Waals surface area (Å²) in [5.41, 5.74) is 5.64. The Labute approximate surface area is 170 Å². The predicted octanol–water partition coefficient (Wildman–Crippen LogP) is 4.69. The molecule has 3 fully saturated rings. The molecule has 4 aliphatic heterocycles. The molecule has 1 aromatic heterocycles. The van der Waals surface area contributed by atoms with Crippen molar-refractivity contribution in [2.24, 2.45) is 0 Å². The molecule has 3 aromatic rings. The van der Waals surface area contributed by atoms with E-state index in [-0.39, 0.29) is 5.54 Å². The molecule has 1 unspecified atom stereocenters. The second kappa shape index (κ2) is 5.99. The summed E-state index contributed by atoms with van der Waals surface area (Å²) in [4.78, 5) is 9.22. The molecule has 0 amide bonds. The van der Waals surface area contributed by atoms with Gasteiger partial charge in [-0.3, -0.25) is 9.80 Å². The Kier molecular flexibility index (Phi) is 3.62. The normalized spacial score (nSPS) is 28.9. The van der Waals surface area contributed by atoms with Gasteiger partial charge < -0.3 is 9.72 Å². The van der Waals surface area contributed by atoms with Crippen LogP contribution >= 0.6 is 11.6 Å². The molecule has 0 aliphatic carbocycles. The van der Waals surface area contributed by atoms with E-state index in [1.807, 2.05) is 12.1 Å². The van der Waals surface area contributed by atoms with E-state index in [0.717, 1.165) is 36.8 Å². The number of H-pyrrole nitrogens is 1. The van der Waals surface area contributed by atoms with E-state index in [1.165, 1.54) is 40.6 Å². The van der Waals surface area contributed by atoms with Crippen molar-refractivity contribution < 1.29 is 4.74 Å². The lowest BCUT2D eigenvalue weighted by molar-refractivity contribution is -0.149. The second-order valence-electron chi connectivity index (χ2n) is 8.33. The highest BCUT2D eigenvalue weighted by Crippen LogP contribution is 2.54. The van der Waals surface area contributed by atoms with Crippen molar-refractivity contribution in [1.29, 1.82) is 0 Å². The minimum atomic E-state index is 0.110. The standard InChI is InChI=1S/C23H24ClN3O/c1-28-17-6-7-20-19(14-17)18-8-11-27-22(15-2-4-16(24)5-3-15)26-12-9-23(27,10-13-26)21(18)25-20/h2-7,14,22,25H,8-13H2,1H3. The van der Waals surface area contributed by atoms with E-state index in [1.54, 1.807) is 7.11 Å². The summed E-state index contributed by atoms with van der Waals surface area (Å²) in [6.45, 7) is 3.37. The molecule has 0 radical (unpaired) electrons. The smallest absolute Gasteiger partial charge is 0.119 e. The van der Waals surface area contributed by atoms with Crippen molar-refractivity contribution >= 4 is 22.5 Å². The van der Waals surface area contributed by atoms with Gasteiger partial charge in [0.05, 0.1) is 18.8 Å². The molecule has 28 heavy (non-hydrogen) atoms. The van der Waals surface area contributed by atoms with Crippen LogP contribution in [0.1, 0.15) is 35.8 Å². The van der Waals surface area contributed by atoms with Crippen LogP contribution in [0.3, 0.4) is 0 Å². The number of ether oxygens (including phenoxy) is 1. The van der Waals surface area contributed by atoms with Crippen LogP contribution in [0.25, 0.3) is 10.9 Å². The van der Waals surface area contributed by atoms with Gasteiger partial charge in [0.1, 0.15) is 5.75 Å². The van der Waals surface area contributed by atoms with Crippen LogP contribution in [-0.4, -0.2) is 41.5 Å². The average molecular weight is 394 g/mol. The number of halogens is 1. The first-order chi connectivity index (χ1) is 13.7. The van der Waals surface area contributed by atoms with Crippen LogP contribution in [0.2, 0.25) is 5.02 Å². The molecule has 144 valence electrons. The molecule has 5 heteroatoms. The van der Waals surface area contributed by atoms with Gasteiger partial charge in [-0.2, -0.15) is 0 Å². The molecule has 5 heterocycles. The van der Waals surface area contributed by atoms with Crippen LogP contribution in [0.5, 0.6) is 5.75 Å². The summed E-state index contributed by atoms with van der Waals surface area (Å²) in [5, 5.41) is 2.14. The summed E-state index contributed by atoms with van der Waals surface area (Å²) in [6.07, 6.45) is 3.79. The molecular weight excluding hydrogens is 370 g/mol. The Morgan fingerprint density at radius 2 is 1.86 bits per heavy atom. The summed E-state index contributed by atoms with van der Waals surface area (Å²) in [6, 6.07) is 14.9. The largest absolute Gasteiger partial charge is 0.497 e. The number of rotatable bonds is 2. The number of nitrogens with one attached hydrogen (secondary N) is 1. The fourth-order valence-electron chi connectivity index (χ4n) is 5.86. The number of hydrogen-bond donors (Lipinski definition) is 1. The number of fused-ring (bicyclic) bond motifs is 5. The SMILES string of the molecule is COc1ccc2[nH]c3c(c2c1)CCN1C(c2ccc(Cl)cc2)N2CCC31CC2. The summed E-state index contributed by atoms with van der Waals surface area (Å²) in [5.74, 6) is 0.937. The highest BCUT2D eigenvalue weighted by molar-refractivity contribution is 6.30. The van der Waals surface area contributed by atoms with Crippen molar-refractivity contribution in [3.8, 4) is 5.75 Å². The van der Waals surface area contributed by atoms with Crippen molar-refractivity contribution in [3.63, 3.8) is 0 Å². The second-order valence-corrected chi connectivity index (χ2v) is 8.76. The molecule has 4 nitrogen and oxygen atoms in total. The number of benzene rings is 2. The lowest BCUT2D eigenvalue weighted by Crippen LogP contribution is -2.66. The number of piperidine rings is 1. The first-order valence-electron chi connectivity index (χ1n) is 10.1. The maximum atomic E-state index is 6.16. The Bertz CT molecular complexity index is 1050. The Hall–Kier alpha value is -2.01. The quantitative estimate of drug-likeness (QED) is 0.685. The van der Waals surface area contributed by atoms with Crippen LogP contribution in [0.15, 0.2) is 42.5 Å². The van der Waals surface area contributed by atoms with Gasteiger partial charge in [0.25, 0.3) is 0 Å². The van der Waals surface area contributed by atoms with E-state index in [2.05, 4.69) is 45.1 Å². The van der Waals surface area contributed by atoms with Gasteiger partial charge in [0.2, 0.25) is 0 Å². The molecular formula is C23H24ClN3O. The molecule has 1 atom stereocenters. The predicted molar refractivity (Wildman–Crippen MR) is 112 cm³/mol. The molecule has 2 bridgehead atoms. The summed E-state index contributed by atoms with van der Waals surface area (Å²) >= 11 is 6.16. The maximum Gasteiger partial charge on any atom is 0.119 e. The maximum absolute atomic E-state index is 6.16. The third kappa shape index (κ3) is 2.20. The van der Waals surface area contributed by atoms with Crippen molar-refractivity contribution in [2.45, 2.75) is 31.0 Å². The van der Waals surface area contributed by atoms with Gasteiger partial charge >= 0.3 is 0 Å². The van der Waals surface area contributed by atoms with E-state index >= 15 is 0 Å². The van der Waals surface area contributed by atoms with Crippen LogP contribution in [-0.2, 0) is 12.0 Å². The molecule has 4 aliphatic rings. The van der Waals surface area contributed by atoms with E-state index in [9.17, 15) is 0 Å². The number of nitrogens with zero attached hydrogens (tertiary/aromatic N) is 2. The summed E-state index contributed by atoms with van der Waals surface area (Å²) < 4.78 is 5.49. The Balaban J connectivity index is 1.50. The topological polar surface area (TPSA) is 31.5 Å². The average Bonchev–Trinajstić information content (AvgIpc) is 3.13. The molecule has 1 spiro atoms. The third-order valence-corrected chi connectivity index (χ3v) is 7.42. The summed E-state index contributed by atoms with van der Waals surface area (Å²) in [7, 11) is 1.74. The fraction of sp³-hybridized carbons (Fsp3) is 0.391. The van der Waals surface area contributed by atoms with Gasteiger partial charge in [0.15, 0.2) is 0 Å². The molecule has 0 saturated carbocycles. The van der Waals surface area contributed by atoms with E-state index in [4.69, 9.17) is 16.3 Å². The van der Waals surface area contributed by atoms with Gasteiger partial charge in [-0.1, -0.05) is 23.7 Å². The van der Waals surface area contributed by atoms with Crippen LogP contribution < -0.4 is 4.74 Å². The van der Waals surface area contributed by atoms with Crippen LogP contribution in [0, 0.1) is 0 Å². The molecule has 7 rings (SSSR count). The van der Waals surface area contributed by atoms with Gasteiger partial charge in [0, 0.05) is 41.3 Å². The van der Waals surface area contributed by atoms with Gasteiger partial charge in [-0.25, -0.2) is 0 Å². The fourth-order valence-corrected chi connectivity index (χ4v) is 5.98. The minimum absolute atomic E-state index is 0.110. The van der Waals surface area contributed by atoms with Crippen LogP contribution in [0.4, 0.5) is 0 Å². The lowest BCUT2D eigenvalue weighted by Gasteiger charge is -2.62. The van der Waals surface area contributed by atoms with Crippen molar-refractivity contribution in [1.82, 2.24) is 14.8 Å². The van der Waals surface area contributed by atoms with Crippen molar-refractivity contribution in [3.05, 3.63) is 64.3 Å². The highest BCUT2D eigenvalue weighted by atomic mass is 35.5. The number of hydrogen-bond acceptors (Lipinski definition) is 3. The molecule has 3 saturated heterocycles. The van der Waals surface area contributed by atoms with E-state index in [0.29, 0.717) is 6.17 Å². The monoisotopic (exact) mass is 393 g/mol. The minimum Gasteiger partial charge on any atom is -0.497 e. The first kappa shape index (κ1) is 16.9. The van der Waals surface area contributed by atoms with Crippen molar-refractivity contribution in [2.75, 3.05) is 26.7 Å². The molecule has 2 aromatic carbocycles. The Morgan fingerprint density at radius 1 is 1.07 bits per heavy atom. The Morgan fingerprint density at radius 3 is 2.61 bits per heavy atom. The number of methoxy groups -OCH3 is 1. The zero-order valence-corrected chi connectivity index (χ0v) is 16.8. The zero-order chi connectivity index (χ0) is 18.9. The van der Waals surface area contributed by atoms with E-state index < -0.39 is 0 Å². The molecule has 1 N–H and O–H groups in total. The number of aromatic nitrogens is 1. The first-order valence-corrected chi connectivity index (χ1v) is 10.5. The van der Waals surface area contributed by atoms with Gasteiger partial charge in [-0.15, -0.1) is 0 Å².